The molecule has 4 nitrogen and oxygen atoms in total. The van der Waals surface area contributed by atoms with E-state index in [0.29, 0.717) is 12.0 Å². The van der Waals surface area contributed by atoms with Crippen LogP contribution < -0.4 is 5.73 Å². The molecule has 0 spiro atoms. The number of aryl methyl sites for hydroxylation is 1. The maximum atomic E-state index is 11.6. The summed E-state index contributed by atoms with van der Waals surface area (Å²) in [6, 6.07) is 7.06. The van der Waals surface area contributed by atoms with Crippen molar-refractivity contribution in [2.45, 2.75) is 45.6 Å². The lowest BCUT2D eigenvalue weighted by molar-refractivity contribution is -0.148. The third kappa shape index (κ3) is 5.12. The summed E-state index contributed by atoms with van der Waals surface area (Å²) in [6.07, 6.45) is 2.53. The van der Waals surface area contributed by atoms with E-state index in [1.807, 2.05) is 26.0 Å². The van der Waals surface area contributed by atoms with E-state index >= 15 is 0 Å². The van der Waals surface area contributed by atoms with Gasteiger partial charge in [-0.25, -0.2) is 0 Å². The molecule has 0 aromatic heterocycles. The molecule has 1 rings (SSSR count). The van der Waals surface area contributed by atoms with Crippen LogP contribution in [-0.4, -0.2) is 18.0 Å². The Balaban J connectivity index is 2.53. The number of nitrogens with two attached hydrogens (primary N) is 1. The lowest BCUT2D eigenvalue weighted by Crippen LogP contribution is -2.17. The van der Waals surface area contributed by atoms with Crippen LogP contribution in [0.5, 0.6) is 0 Å². The van der Waals surface area contributed by atoms with Crippen LogP contribution in [0.2, 0.25) is 0 Å². The van der Waals surface area contributed by atoms with Crippen LogP contribution in [0.25, 0.3) is 0 Å². The fourth-order valence-corrected chi connectivity index (χ4v) is 1.96. The van der Waals surface area contributed by atoms with E-state index in [1.165, 1.54) is 0 Å². The minimum Gasteiger partial charge on any atom is -0.463 e. The zero-order valence-corrected chi connectivity index (χ0v) is 11.5. The Morgan fingerprint density at radius 2 is 2.00 bits per heavy atom. The number of amides is 1. The van der Waals surface area contributed by atoms with Gasteiger partial charge >= 0.3 is 5.97 Å². The van der Waals surface area contributed by atoms with Gasteiger partial charge in [-0.3, -0.25) is 9.59 Å². The van der Waals surface area contributed by atoms with Crippen LogP contribution in [0.4, 0.5) is 0 Å². The van der Waals surface area contributed by atoms with Gasteiger partial charge < -0.3 is 10.5 Å². The molecule has 0 aliphatic carbocycles. The summed E-state index contributed by atoms with van der Waals surface area (Å²) in [5, 5.41) is 0. The highest BCUT2D eigenvalue weighted by atomic mass is 16.5. The van der Waals surface area contributed by atoms with E-state index in [4.69, 9.17) is 10.5 Å². The maximum absolute atomic E-state index is 11.6. The van der Waals surface area contributed by atoms with Gasteiger partial charge in [-0.15, -0.1) is 0 Å². The second kappa shape index (κ2) is 7.56. The molecule has 0 aliphatic heterocycles. The molecule has 1 unspecified atom stereocenters. The first-order valence-electron chi connectivity index (χ1n) is 6.61. The lowest BCUT2D eigenvalue weighted by Gasteiger charge is -2.12. The number of rotatable bonds is 7. The average Bonchev–Trinajstić information content (AvgIpc) is 2.36. The number of benzene rings is 1. The maximum Gasteiger partial charge on any atom is 0.306 e. The predicted molar refractivity (Wildman–Crippen MR) is 73.7 cm³/mol. The van der Waals surface area contributed by atoms with E-state index in [1.54, 1.807) is 12.1 Å². The highest BCUT2D eigenvalue weighted by Gasteiger charge is 2.12. The van der Waals surface area contributed by atoms with Crippen LogP contribution in [-0.2, 0) is 16.0 Å². The zero-order chi connectivity index (χ0) is 14.3. The number of hydrogen-bond acceptors (Lipinski definition) is 3. The molecule has 1 aromatic carbocycles. The number of ether oxygens (including phenoxy) is 1. The molecule has 2 N–H and O–H groups in total. The molecule has 1 aromatic rings. The number of carbonyl (C=O) groups is 2. The smallest absolute Gasteiger partial charge is 0.306 e. The summed E-state index contributed by atoms with van der Waals surface area (Å²) in [4.78, 5) is 22.9. The Labute approximate surface area is 113 Å². The summed E-state index contributed by atoms with van der Waals surface area (Å²) in [5.74, 6) is -0.705. The Kier molecular flexibility index (Phi) is 6.06. The highest BCUT2D eigenvalue weighted by Crippen LogP contribution is 2.12. The monoisotopic (exact) mass is 263 g/mol. The minimum atomic E-state index is -0.469. The number of hydrogen-bond donors (Lipinski definition) is 1. The van der Waals surface area contributed by atoms with Gasteiger partial charge in [0.1, 0.15) is 0 Å². The van der Waals surface area contributed by atoms with Gasteiger partial charge in [-0.05, 0) is 31.4 Å². The number of esters is 1. The Bertz CT molecular complexity index is 443. The standard InChI is InChI=1S/C15H21NO3/c1-3-6-11(2)19-14(17)10-9-12-7-4-5-8-13(12)15(16)18/h4-5,7-8,11H,3,6,9-10H2,1-2H3,(H2,16,18). The highest BCUT2D eigenvalue weighted by molar-refractivity contribution is 5.94. The first kappa shape index (κ1) is 15.2. The first-order valence-corrected chi connectivity index (χ1v) is 6.61. The molecule has 19 heavy (non-hydrogen) atoms. The van der Waals surface area contributed by atoms with Gasteiger partial charge in [-0.2, -0.15) is 0 Å². The predicted octanol–water partition coefficient (Wildman–Crippen LogP) is 2.45. The number of carbonyl (C=O) groups excluding carboxylic acids is 2. The summed E-state index contributed by atoms with van der Waals surface area (Å²) >= 11 is 0. The molecule has 0 heterocycles. The van der Waals surface area contributed by atoms with Gasteiger partial charge in [-0.1, -0.05) is 31.5 Å². The first-order chi connectivity index (χ1) is 9.04. The summed E-state index contributed by atoms with van der Waals surface area (Å²) in [7, 11) is 0. The van der Waals surface area contributed by atoms with Crippen molar-refractivity contribution in [1.82, 2.24) is 0 Å². The third-order valence-electron chi connectivity index (χ3n) is 2.91. The molecular formula is C15H21NO3. The lowest BCUT2D eigenvalue weighted by atomic mass is 10.0. The van der Waals surface area contributed by atoms with Crippen molar-refractivity contribution in [3.8, 4) is 0 Å². The van der Waals surface area contributed by atoms with Crippen molar-refractivity contribution in [2.75, 3.05) is 0 Å². The van der Waals surface area contributed by atoms with Crippen molar-refractivity contribution < 1.29 is 14.3 Å². The third-order valence-corrected chi connectivity index (χ3v) is 2.91. The fourth-order valence-electron chi connectivity index (χ4n) is 1.96. The van der Waals surface area contributed by atoms with E-state index in [0.717, 1.165) is 18.4 Å². The Hall–Kier alpha value is -1.84. The van der Waals surface area contributed by atoms with E-state index in [9.17, 15) is 9.59 Å². The summed E-state index contributed by atoms with van der Waals surface area (Å²) in [6.45, 7) is 3.94. The molecule has 0 fully saturated rings. The molecule has 0 aliphatic rings. The van der Waals surface area contributed by atoms with E-state index < -0.39 is 5.91 Å². The van der Waals surface area contributed by atoms with Crippen LogP contribution in [0, 0.1) is 0 Å². The second-order valence-corrected chi connectivity index (χ2v) is 4.61. The molecule has 1 atom stereocenters. The topological polar surface area (TPSA) is 69.4 Å². The van der Waals surface area contributed by atoms with Gasteiger partial charge in [0.15, 0.2) is 0 Å². The molecule has 0 saturated heterocycles. The summed E-state index contributed by atoms with van der Waals surface area (Å²) in [5.41, 5.74) is 6.54. The van der Waals surface area contributed by atoms with Crippen LogP contribution in [0.3, 0.4) is 0 Å². The van der Waals surface area contributed by atoms with Crippen molar-refractivity contribution in [1.29, 1.82) is 0 Å². The average molecular weight is 263 g/mol. The van der Waals surface area contributed by atoms with E-state index in [2.05, 4.69) is 0 Å². The van der Waals surface area contributed by atoms with Crippen LogP contribution >= 0.6 is 0 Å². The van der Waals surface area contributed by atoms with Gasteiger partial charge in [0.2, 0.25) is 5.91 Å². The van der Waals surface area contributed by atoms with Crippen molar-refractivity contribution in [2.24, 2.45) is 5.73 Å². The molecule has 0 saturated carbocycles. The normalized spacial score (nSPS) is 11.9. The SMILES string of the molecule is CCCC(C)OC(=O)CCc1ccccc1C(N)=O. The molecule has 1 amide bonds. The largest absolute Gasteiger partial charge is 0.463 e. The Morgan fingerprint density at radius 1 is 1.32 bits per heavy atom. The zero-order valence-electron chi connectivity index (χ0n) is 11.5. The second-order valence-electron chi connectivity index (χ2n) is 4.61. The van der Waals surface area contributed by atoms with Crippen molar-refractivity contribution in [3.05, 3.63) is 35.4 Å². The fraction of sp³-hybridized carbons (Fsp3) is 0.467. The molecular weight excluding hydrogens is 242 g/mol. The molecule has 0 radical (unpaired) electrons. The van der Waals surface area contributed by atoms with Crippen LogP contribution in [0.15, 0.2) is 24.3 Å². The van der Waals surface area contributed by atoms with E-state index in [-0.39, 0.29) is 18.5 Å². The number of primary amides is 1. The quantitative estimate of drug-likeness (QED) is 0.768. The Morgan fingerprint density at radius 3 is 2.63 bits per heavy atom. The van der Waals surface area contributed by atoms with Gasteiger partial charge in [0.25, 0.3) is 0 Å². The van der Waals surface area contributed by atoms with Gasteiger partial charge in [0.05, 0.1) is 6.10 Å². The van der Waals surface area contributed by atoms with Crippen LogP contribution in [0.1, 0.15) is 49.0 Å². The summed E-state index contributed by atoms with van der Waals surface area (Å²) < 4.78 is 5.26. The van der Waals surface area contributed by atoms with Crippen molar-refractivity contribution in [3.63, 3.8) is 0 Å². The molecule has 104 valence electrons. The van der Waals surface area contributed by atoms with Gasteiger partial charge in [0, 0.05) is 12.0 Å². The molecule has 4 heteroatoms. The van der Waals surface area contributed by atoms with Crippen molar-refractivity contribution >= 4 is 11.9 Å². The minimum absolute atomic E-state index is 0.0520. The molecule has 0 bridgehead atoms.